The fourth-order valence-corrected chi connectivity index (χ4v) is 3.06. The van der Waals surface area contributed by atoms with Crippen LogP contribution in [0.5, 0.6) is 0 Å². The molecule has 6 heteroatoms. The third-order valence-electron chi connectivity index (χ3n) is 3.03. The summed E-state index contributed by atoms with van der Waals surface area (Å²) in [6.45, 7) is 2.50. The van der Waals surface area contributed by atoms with Gasteiger partial charge in [-0.2, -0.15) is 0 Å². The molecule has 112 valence electrons. The van der Waals surface area contributed by atoms with E-state index in [0.717, 1.165) is 16.1 Å². The summed E-state index contributed by atoms with van der Waals surface area (Å²) in [4.78, 5) is 0. The second-order valence-electron chi connectivity index (χ2n) is 4.44. The summed E-state index contributed by atoms with van der Waals surface area (Å²) in [5.74, 6) is -0.992. The topological polar surface area (TPSA) is 12.0 Å². The summed E-state index contributed by atoms with van der Waals surface area (Å²) >= 11 is 12.4. The lowest BCUT2D eigenvalue weighted by Crippen LogP contribution is -2.23. The number of benzene rings is 2. The van der Waals surface area contributed by atoms with Crippen LogP contribution in [0.1, 0.15) is 24.1 Å². The molecule has 0 aliphatic heterocycles. The van der Waals surface area contributed by atoms with E-state index in [1.807, 2.05) is 6.92 Å². The summed E-state index contributed by atoms with van der Waals surface area (Å²) in [6, 6.07) is 7.09. The van der Waals surface area contributed by atoms with Crippen LogP contribution in [0, 0.1) is 11.6 Å². The highest BCUT2D eigenvalue weighted by atomic mass is 79.9. The first-order valence-corrected chi connectivity index (χ1v) is 8.23. The van der Waals surface area contributed by atoms with Gasteiger partial charge in [-0.1, -0.05) is 34.5 Å². The highest BCUT2D eigenvalue weighted by Crippen LogP contribution is 2.33. The molecule has 0 bridgehead atoms. The van der Waals surface area contributed by atoms with Crippen molar-refractivity contribution in [3.05, 3.63) is 67.1 Å². The van der Waals surface area contributed by atoms with Crippen LogP contribution < -0.4 is 5.32 Å². The molecule has 0 aromatic heterocycles. The van der Waals surface area contributed by atoms with Gasteiger partial charge in [0.15, 0.2) is 0 Å². The van der Waals surface area contributed by atoms with Crippen molar-refractivity contribution < 1.29 is 8.78 Å². The van der Waals surface area contributed by atoms with Crippen LogP contribution in [0.2, 0.25) is 5.02 Å². The van der Waals surface area contributed by atoms with Gasteiger partial charge in [-0.15, -0.1) is 0 Å². The summed E-state index contributed by atoms with van der Waals surface area (Å²) < 4.78 is 28.9. The van der Waals surface area contributed by atoms with Gasteiger partial charge >= 0.3 is 0 Å². The quantitative estimate of drug-likeness (QED) is 0.590. The van der Waals surface area contributed by atoms with E-state index < -0.39 is 17.7 Å². The Balaban J connectivity index is 2.58. The molecule has 0 aliphatic carbocycles. The van der Waals surface area contributed by atoms with Crippen molar-refractivity contribution in [3.63, 3.8) is 0 Å². The van der Waals surface area contributed by atoms with Gasteiger partial charge in [0, 0.05) is 15.1 Å². The van der Waals surface area contributed by atoms with Crippen molar-refractivity contribution in [2.45, 2.75) is 13.0 Å². The van der Waals surface area contributed by atoms with E-state index in [0.29, 0.717) is 11.6 Å². The molecular weight excluding hydrogens is 427 g/mol. The third kappa shape index (κ3) is 3.83. The molecule has 2 aromatic carbocycles. The first-order valence-electron chi connectivity index (χ1n) is 6.26. The molecule has 1 unspecified atom stereocenters. The highest BCUT2D eigenvalue weighted by molar-refractivity contribution is 9.10. The Labute approximate surface area is 144 Å². The van der Waals surface area contributed by atoms with E-state index in [2.05, 4.69) is 37.2 Å². The minimum atomic E-state index is -0.507. The highest BCUT2D eigenvalue weighted by Gasteiger charge is 2.21. The lowest BCUT2D eigenvalue weighted by atomic mass is 9.98. The van der Waals surface area contributed by atoms with Crippen LogP contribution in [0.3, 0.4) is 0 Å². The molecule has 2 aromatic rings. The molecule has 0 heterocycles. The molecule has 0 radical (unpaired) electrons. The van der Waals surface area contributed by atoms with Crippen LogP contribution in [0.15, 0.2) is 39.3 Å². The van der Waals surface area contributed by atoms with Gasteiger partial charge in [0.1, 0.15) is 11.6 Å². The number of rotatable bonds is 4. The van der Waals surface area contributed by atoms with Crippen molar-refractivity contribution in [2.75, 3.05) is 6.54 Å². The smallest absolute Gasteiger partial charge is 0.137 e. The van der Waals surface area contributed by atoms with Gasteiger partial charge in [0.25, 0.3) is 0 Å². The van der Waals surface area contributed by atoms with E-state index in [1.54, 1.807) is 18.2 Å². The fourth-order valence-electron chi connectivity index (χ4n) is 2.09. The maximum atomic E-state index is 14.2. The number of hydrogen-bond donors (Lipinski definition) is 1. The van der Waals surface area contributed by atoms with Crippen LogP contribution >= 0.6 is 43.5 Å². The van der Waals surface area contributed by atoms with Gasteiger partial charge in [0.05, 0.1) is 10.5 Å². The zero-order chi connectivity index (χ0) is 15.6. The molecule has 1 nitrogen and oxygen atoms in total. The number of nitrogens with one attached hydrogen (secondary N) is 1. The number of halogens is 5. The standard InChI is InChI=1S/C15H12Br2ClF2N/c1-2-21-15(9-5-8(18)3-4-11(9)16)10-6-14(20)12(17)7-13(10)19/h3-7,15,21H,2H2,1H3. The molecule has 0 amide bonds. The van der Waals surface area contributed by atoms with Crippen molar-refractivity contribution in [3.8, 4) is 0 Å². The van der Waals surface area contributed by atoms with Gasteiger partial charge < -0.3 is 5.32 Å². The summed E-state index contributed by atoms with van der Waals surface area (Å²) in [5.41, 5.74) is 0.991. The Kier molecular flexibility index (Phi) is 5.77. The maximum absolute atomic E-state index is 14.2. The maximum Gasteiger partial charge on any atom is 0.137 e. The number of hydrogen-bond acceptors (Lipinski definition) is 1. The Morgan fingerprint density at radius 2 is 1.76 bits per heavy atom. The molecule has 0 spiro atoms. The molecule has 2 rings (SSSR count). The zero-order valence-corrected chi connectivity index (χ0v) is 15.0. The van der Waals surface area contributed by atoms with Gasteiger partial charge in [0.2, 0.25) is 0 Å². The molecule has 0 saturated heterocycles. The normalized spacial score (nSPS) is 12.5. The molecule has 21 heavy (non-hydrogen) atoms. The zero-order valence-electron chi connectivity index (χ0n) is 11.1. The average Bonchev–Trinajstić information content (AvgIpc) is 2.43. The minimum absolute atomic E-state index is 0.101. The van der Waals surface area contributed by atoms with Crippen molar-refractivity contribution in [2.24, 2.45) is 0 Å². The lowest BCUT2D eigenvalue weighted by Gasteiger charge is -2.21. The largest absolute Gasteiger partial charge is 0.306 e. The van der Waals surface area contributed by atoms with Crippen molar-refractivity contribution in [1.29, 1.82) is 0 Å². The van der Waals surface area contributed by atoms with E-state index in [1.165, 1.54) is 6.07 Å². The molecule has 0 fully saturated rings. The van der Waals surface area contributed by atoms with Crippen LogP contribution in [-0.2, 0) is 0 Å². The Morgan fingerprint density at radius 1 is 1.05 bits per heavy atom. The van der Waals surface area contributed by atoms with Crippen molar-refractivity contribution >= 4 is 43.5 Å². The first-order chi connectivity index (χ1) is 9.93. The third-order valence-corrected chi connectivity index (χ3v) is 4.59. The molecule has 1 N–H and O–H groups in total. The Hall–Kier alpha value is -0.490. The van der Waals surface area contributed by atoms with Crippen LogP contribution in [0.25, 0.3) is 0 Å². The molecule has 0 saturated carbocycles. The van der Waals surface area contributed by atoms with Crippen LogP contribution in [0.4, 0.5) is 8.78 Å². The van der Waals surface area contributed by atoms with Gasteiger partial charge in [-0.05, 0) is 58.4 Å². The average molecular weight is 440 g/mol. The summed E-state index contributed by atoms with van der Waals surface area (Å²) in [6.07, 6.45) is 0. The van der Waals surface area contributed by atoms with E-state index in [-0.39, 0.29) is 10.0 Å². The SMILES string of the molecule is CCNC(c1cc(F)c(Br)cc1F)c1cc(Cl)ccc1Br. The second kappa shape index (κ2) is 7.18. The monoisotopic (exact) mass is 437 g/mol. The summed E-state index contributed by atoms with van der Waals surface area (Å²) in [7, 11) is 0. The molecule has 0 aliphatic rings. The fraction of sp³-hybridized carbons (Fsp3) is 0.200. The minimum Gasteiger partial charge on any atom is -0.306 e. The van der Waals surface area contributed by atoms with Crippen molar-refractivity contribution in [1.82, 2.24) is 5.32 Å². The molecular formula is C15H12Br2ClF2N. The van der Waals surface area contributed by atoms with Crippen LogP contribution in [-0.4, -0.2) is 6.54 Å². The Morgan fingerprint density at radius 3 is 2.43 bits per heavy atom. The predicted octanol–water partition coefficient (Wildman–Crippen LogP) is 5.84. The van der Waals surface area contributed by atoms with E-state index in [4.69, 9.17) is 11.6 Å². The van der Waals surface area contributed by atoms with Gasteiger partial charge in [-0.25, -0.2) is 8.78 Å². The summed E-state index contributed by atoms with van der Waals surface area (Å²) in [5, 5.41) is 3.70. The van der Waals surface area contributed by atoms with E-state index >= 15 is 0 Å². The predicted molar refractivity (Wildman–Crippen MR) is 88.7 cm³/mol. The second-order valence-corrected chi connectivity index (χ2v) is 6.59. The van der Waals surface area contributed by atoms with E-state index in [9.17, 15) is 8.78 Å². The molecule has 1 atom stereocenters. The van der Waals surface area contributed by atoms with Gasteiger partial charge in [-0.3, -0.25) is 0 Å². The first kappa shape index (κ1) is 16.9. The lowest BCUT2D eigenvalue weighted by molar-refractivity contribution is 0.541. The Bertz CT molecular complexity index is 664.